The van der Waals surface area contributed by atoms with Crippen molar-refractivity contribution in [2.45, 2.75) is 26.7 Å². The number of methoxy groups -OCH3 is 1. The summed E-state index contributed by atoms with van der Waals surface area (Å²) < 4.78 is 4.88. The van der Waals surface area contributed by atoms with Gasteiger partial charge < -0.3 is 15.0 Å². The Morgan fingerprint density at radius 3 is 2.48 bits per heavy atom. The lowest BCUT2D eigenvalue weighted by atomic mass is 9.97. The third-order valence-electron chi connectivity index (χ3n) is 5.07. The number of hydrogen-bond acceptors (Lipinski definition) is 7. The van der Waals surface area contributed by atoms with Crippen LogP contribution in [-0.4, -0.2) is 48.8 Å². The van der Waals surface area contributed by atoms with Crippen LogP contribution in [0.25, 0.3) is 0 Å². The van der Waals surface area contributed by atoms with Crippen molar-refractivity contribution in [1.82, 2.24) is 15.5 Å². The molecule has 0 saturated carbocycles. The fourth-order valence-electron chi connectivity index (χ4n) is 3.41. The normalized spacial score (nSPS) is 20.4. The van der Waals surface area contributed by atoms with E-state index in [0.717, 1.165) is 23.4 Å². The number of nitrogens with one attached hydrogen (secondary N) is 1. The molecule has 0 spiro atoms. The molecular weight excluding hydrogens is 346 g/mol. The van der Waals surface area contributed by atoms with E-state index in [9.17, 15) is 9.59 Å². The van der Waals surface area contributed by atoms with E-state index in [1.807, 2.05) is 30.9 Å². The summed E-state index contributed by atoms with van der Waals surface area (Å²) in [7, 11) is 1.38. The minimum Gasteiger partial charge on any atom is -0.469 e. The van der Waals surface area contributed by atoms with Gasteiger partial charge in [-0.05, 0) is 38.0 Å². The molecular formula is C19H25N5O3. The highest BCUT2D eigenvalue weighted by molar-refractivity contribution is 5.94. The van der Waals surface area contributed by atoms with Gasteiger partial charge in [-0.2, -0.15) is 0 Å². The molecule has 3 heterocycles. The Labute approximate surface area is 158 Å². The number of esters is 1. The van der Waals surface area contributed by atoms with Gasteiger partial charge in [-0.1, -0.05) is 6.58 Å². The van der Waals surface area contributed by atoms with Gasteiger partial charge >= 0.3 is 5.97 Å². The molecule has 0 aliphatic carbocycles. The molecule has 2 aliphatic heterocycles. The lowest BCUT2D eigenvalue weighted by Crippen LogP contribution is -2.42. The van der Waals surface area contributed by atoms with Crippen LogP contribution in [0.5, 0.6) is 0 Å². The second kappa shape index (κ2) is 7.77. The van der Waals surface area contributed by atoms with Crippen LogP contribution >= 0.6 is 0 Å². The van der Waals surface area contributed by atoms with Crippen molar-refractivity contribution in [3.8, 4) is 0 Å². The predicted molar refractivity (Wildman–Crippen MR) is 102 cm³/mol. The maximum absolute atomic E-state index is 12.0. The maximum atomic E-state index is 12.0. The molecule has 2 saturated heterocycles. The van der Waals surface area contributed by atoms with E-state index in [1.165, 1.54) is 7.11 Å². The van der Waals surface area contributed by atoms with E-state index < -0.39 is 5.92 Å². The first-order valence-corrected chi connectivity index (χ1v) is 9.07. The minimum atomic E-state index is -0.404. The molecule has 0 radical (unpaired) electrons. The maximum Gasteiger partial charge on any atom is 0.312 e. The van der Waals surface area contributed by atoms with Gasteiger partial charge in [0, 0.05) is 26.1 Å². The Hall–Kier alpha value is -2.90. The molecule has 1 aromatic rings. The molecule has 8 nitrogen and oxygen atoms in total. The van der Waals surface area contributed by atoms with Gasteiger partial charge in [0.05, 0.1) is 24.4 Å². The van der Waals surface area contributed by atoms with Crippen LogP contribution in [0.1, 0.15) is 26.7 Å². The van der Waals surface area contributed by atoms with E-state index >= 15 is 0 Å². The number of rotatable bonds is 4. The Morgan fingerprint density at radius 2 is 1.93 bits per heavy atom. The number of piperazine rings is 1. The van der Waals surface area contributed by atoms with Crippen molar-refractivity contribution in [3.63, 3.8) is 0 Å². The van der Waals surface area contributed by atoms with Gasteiger partial charge in [0.15, 0.2) is 11.6 Å². The standard InChI is InChI=1S/C19H25N5O3/c1-12(13(2)19(26)27-4)18-14(3)20-9-11-24(18)16-8-7-15(21-22-16)23-10-5-6-17(23)25/h7-8,13,20H,3,5-6,9-11H2,1-2,4H3/b18-12+. The molecule has 144 valence electrons. The molecule has 1 atom stereocenters. The smallest absolute Gasteiger partial charge is 0.312 e. The fraction of sp³-hybridized carbons (Fsp3) is 0.474. The molecule has 0 aromatic carbocycles. The van der Waals surface area contributed by atoms with E-state index in [1.54, 1.807) is 4.90 Å². The number of aromatic nitrogens is 2. The van der Waals surface area contributed by atoms with Crippen LogP contribution in [0, 0.1) is 5.92 Å². The van der Waals surface area contributed by atoms with Gasteiger partial charge in [-0.3, -0.25) is 14.5 Å². The highest BCUT2D eigenvalue weighted by Gasteiger charge is 2.28. The van der Waals surface area contributed by atoms with Gasteiger partial charge in [0.1, 0.15) is 0 Å². The average Bonchev–Trinajstić information content (AvgIpc) is 3.12. The van der Waals surface area contributed by atoms with Gasteiger partial charge in [-0.25, -0.2) is 0 Å². The number of carbonyl (C=O) groups is 2. The topological polar surface area (TPSA) is 87.7 Å². The molecule has 2 fully saturated rings. The van der Waals surface area contributed by atoms with Crippen LogP contribution in [0.2, 0.25) is 0 Å². The summed E-state index contributed by atoms with van der Waals surface area (Å²) >= 11 is 0. The van der Waals surface area contributed by atoms with Crippen LogP contribution < -0.4 is 15.1 Å². The van der Waals surface area contributed by atoms with E-state index in [4.69, 9.17) is 4.74 Å². The number of anilines is 2. The Bertz CT molecular complexity index is 787. The SMILES string of the molecule is C=C1NCCN(c2ccc(N3CCCC3=O)nn2)/C1=C(\C)C(C)C(=O)OC. The number of amides is 1. The summed E-state index contributed by atoms with van der Waals surface area (Å²) in [6.07, 6.45) is 1.40. The summed E-state index contributed by atoms with van der Waals surface area (Å²) in [6, 6.07) is 3.66. The number of ether oxygens (including phenoxy) is 1. The van der Waals surface area contributed by atoms with Gasteiger partial charge in [0.25, 0.3) is 0 Å². The van der Waals surface area contributed by atoms with Crippen LogP contribution in [-0.2, 0) is 14.3 Å². The zero-order valence-corrected chi connectivity index (χ0v) is 16.0. The summed E-state index contributed by atoms with van der Waals surface area (Å²) in [4.78, 5) is 27.5. The zero-order valence-electron chi connectivity index (χ0n) is 16.0. The Morgan fingerprint density at radius 1 is 1.26 bits per heavy atom. The van der Waals surface area contributed by atoms with Crippen molar-refractivity contribution in [1.29, 1.82) is 0 Å². The molecule has 2 aliphatic rings. The number of hydrogen-bond donors (Lipinski definition) is 1. The highest BCUT2D eigenvalue weighted by atomic mass is 16.5. The molecule has 1 amide bonds. The molecule has 27 heavy (non-hydrogen) atoms. The number of carbonyl (C=O) groups excluding carboxylic acids is 2. The Kier molecular flexibility index (Phi) is 5.43. The minimum absolute atomic E-state index is 0.0796. The molecule has 0 bridgehead atoms. The first-order chi connectivity index (χ1) is 12.9. The average molecular weight is 371 g/mol. The second-order valence-corrected chi connectivity index (χ2v) is 6.73. The van der Waals surface area contributed by atoms with Crippen molar-refractivity contribution >= 4 is 23.5 Å². The third kappa shape index (κ3) is 3.65. The predicted octanol–water partition coefficient (Wildman–Crippen LogP) is 1.61. The van der Waals surface area contributed by atoms with Crippen LogP contribution in [0.4, 0.5) is 11.6 Å². The lowest BCUT2D eigenvalue weighted by Gasteiger charge is -2.35. The van der Waals surface area contributed by atoms with Crippen molar-refractivity contribution < 1.29 is 14.3 Å². The summed E-state index contributed by atoms with van der Waals surface area (Å²) in [6.45, 7) is 9.84. The molecule has 1 N–H and O–H groups in total. The van der Waals surface area contributed by atoms with Crippen molar-refractivity contribution in [2.24, 2.45) is 5.92 Å². The first-order valence-electron chi connectivity index (χ1n) is 9.07. The number of nitrogens with zero attached hydrogens (tertiary/aromatic N) is 4. The Balaban J connectivity index is 1.92. The lowest BCUT2D eigenvalue weighted by molar-refractivity contribution is -0.143. The summed E-state index contributed by atoms with van der Waals surface area (Å²) in [5.74, 6) is 0.599. The largest absolute Gasteiger partial charge is 0.469 e. The van der Waals surface area contributed by atoms with Crippen molar-refractivity contribution in [3.05, 3.63) is 35.7 Å². The van der Waals surface area contributed by atoms with Gasteiger partial charge in [-0.15, -0.1) is 10.2 Å². The zero-order chi connectivity index (χ0) is 19.6. The van der Waals surface area contributed by atoms with E-state index in [-0.39, 0.29) is 11.9 Å². The van der Waals surface area contributed by atoms with Crippen LogP contribution in [0.3, 0.4) is 0 Å². The van der Waals surface area contributed by atoms with E-state index in [2.05, 4.69) is 22.1 Å². The van der Waals surface area contributed by atoms with E-state index in [0.29, 0.717) is 37.7 Å². The third-order valence-corrected chi connectivity index (χ3v) is 5.07. The fourth-order valence-corrected chi connectivity index (χ4v) is 3.41. The second-order valence-electron chi connectivity index (χ2n) is 6.73. The van der Waals surface area contributed by atoms with Crippen LogP contribution in [0.15, 0.2) is 35.7 Å². The van der Waals surface area contributed by atoms with Crippen molar-refractivity contribution in [2.75, 3.05) is 36.5 Å². The first kappa shape index (κ1) is 18.9. The summed E-state index contributed by atoms with van der Waals surface area (Å²) in [5.41, 5.74) is 2.40. The molecule has 1 unspecified atom stereocenters. The monoisotopic (exact) mass is 371 g/mol. The van der Waals surface area contributed by atoms with Gasteiger partial charge in [0.2, 0.25) is 5.91 Å². The molecule has 1 aromatic heterocycles. The molecule has 3 rings (SSSR count). The quantitative estimate of drug-likeness (QED) is 0.805. The summed E-state index contributed by atoms with van der Waals surface area (Å²) in [5, 5.41) is 11.8. The molecule has 8 heteroatoms. The highest BCUT2D eigenvalue weighted by Crippen LogP contribution is 2.29.